The summed E-state index contributed by atoms with van der Waals surface area (Å²) in [5.74, 6) is -0.398. The summed E-state index contributed by atoms with van der Waals surface area (Å²) in [5.41, 5.74) is 2.92. The molecule has 0 unspecified atom stereocenters. The van der Waals surface area contributed by atoms with Gasteiger partial charge in [0.25, 0.3) is 0 Å². The topological polar surface area (TPSA) is 57.8 Å². The van der Waals surface area contributed by atoms with Gasteiger partial charge in [-0.25, -0.2) is 4.39 Å². The molecule has 0 radical (unpaired) electrons. The molecule has 4 nitrogen and oxygen atoms in total. The lowest BCUT2D eigenvalue weighted by atomic mass is 10.1. The van der Waals surface area contributed by atoms with Gasteiger partial charge in [0.05, 0.1) is 12.6 Å². The van der Waals surface area contributed by atoms with Crippen LogP contribution in [0.2, 0.25) is 0 Å². The van der Waals surface area contributed by atoms with E-state index in [1.54, 1.807) is 12.1 Å². The van der Waals surface area contributed by atoms with Crippen LogP contribution in [-0.4, -0.2) is 22.6 Å². The first-order chi connectivity index (χ1) is 9.65. The van der Waals surface area contributed by atoms with Crippen LogP contribution in [0.5, 0.6) is 0 Å². The molecule has 0 bridgehead atoms. The number of hydrogen-bond donors (Lipinski definition) is 2. The van der Waals surface area contributed by atoms with Crippen LogP contribution in [0.3, 0.4) is 0 Å². The number of H-pyrrole nitrogens is 1. The molecule has 1 amide bonds. The summed E-state index contributed by atoms with van der Waals surface area (Å²) in [6.07, 6.45) is 3.75. The predicted molar refractivity (Wildman–Crippen MR) is 74.8 cm³/mol. The number of aryl methyl sites for hydroxylation is 2. The number of rotatable bonds is 6. The lowest BCUT2D eigenvalue weighted by molar-refractivity contribution is -0.120. The number of amides is 1. The molecule has 106 valence electrons. The van der Waals surface area contributed by atoms with Crippen molar-refractivity contribution in [3.8, 4) is 0 Å². The number of benzene rings is 1. The van der Waals surface area contributed by atoms with Crippen molar-refractivity contribution >= 4 is 5.91 Å². The van der Waals surface area contributed by atoms with Crippen LogP contribution in [0, 0.1) is 12.7 Å². The van der Waals surface area contributed by atoms with Gasteiger partial charge in [-0.05, 0) is 43.0 Å². The van der Waals surface area contributed by atoms with E-state index in [2.05, 4.69) is 15.5 Å². The maximum absolute atomic E-state index is 13.0. The molecular formula is C15H18FN3O. The van der Waals surface area contributed by atoms with E-state index >= 15 is 0 Å². The Morgan fingerprint density at radius 1 is 1.45 bits per heavy atom. The SMILES string of the molecule is Cc1[nH]ncc1CCCNC(=O)Cc1cccc(F)c1. The van der Waals surface area contributed by atoms with Crippen molar-refractivity contribution in [1.29, 1.82) is 0 Å². The van der Waals surface area contributed by atoms with Crippen molar-refractivity contribution in [1.82, 2.24) is 15.5 Å². The van der Waals surface area contributed by atoms with Gasteiger partial charge in [0.1, 0.15) is 5.82 Å². The highest BCUT2D eigenvalue weighted by molar-refractivity contribution is 5.78. The van der Waals surface area contributed by atoms with Gasteiger partial charge in [0, 0.05) is 12.2 Å². The highest BCUT2D eigenvalue weighted by Crippen LogP contribution is 2.06. The molecule has 2 rings (SSSR count). The van der Waals surface area contributed by atoms with Crippen LogP contribution in [-0.2, 0) is 17.6 Å². The highest BCUT2D eigenvalue weighted by atomic mass is 19.1. The van der Waals surface area contributed by atoms with Crippen LogP contribution in [0.15, 0.2) is 30.5 Å². The number of nitrogens with zero attached hydrogens (tertiary/aromatic N) is 1. The van der Waals surface area contributed by atoms with Crippen molar-refractivity contribution in [3.05, 3.63) is 53.1 Å². The first-order valence-electron chi connectivity index (χ1n) is 6.65. The Balaban J connectivity index is 1.69. The number of carbonyl (C=O) groups is 1. The number of aromatic amines is 1. The molecule has 0 saturated heterocycles. The molecule has 0 saturated carbocycles. The lowest BCUT2D eigenvalue weighted by Gasteiger charge is -2.05. The molecule has 2 aromatic rings. The van der Waals surface area contributed by atoms with Gasteiger partial charge in [-0.15, -0.1) is 0 Å². The van der Waals surface area contributed by atoms with Crippen LogP contribution >= 0.6 is 0 Å². The minimum absolute atomic E-state index is 0.0838. The van der Waals surface area contributed by atoms with Crippen molar-refractivity contribution in [3.63, 3.8) is 0 Å². The Labute approximate surface area is 117 Å². The van der Waals surface area contributed by atoms with Crippen LogP contribution < -0.4 is 5.32 Å². The molecule has 1 aromatic heterocycles. The minimum atomic E-state index is -0.314. The molecule has 0 aliphatic carbocycles. The Kier molecular flexibility index (Phi) is 4.87. The monoisotopic (exact) mass is 275 g/mol. The lowest BCUT2D eigenvalue weighted by Crippen LogP contribution is -2.26. The van der Waals surface area contributed by atoms with Crippen molar-refractivity contribution < 1.29 is 9.18 Å². The normalized spacial score (nSPS) is 10.5. The maximum Gasteiger partial charge on any atom is 0.224 e. The highest BCUT2D eigenvalue weighted by Gasteiger charge is 2.04. The van der Waals surface area contributed by atoms with Gasteiger partial charge in [-0.3, -0.25) is 9.89 Å². The van der Waals surface area contributed by atoms with E-state index in [1.165, 1.54) is 17.7 Å². The van der Waals surface area contributed by atoms with Gasteiger partial charge >= 0.3 is 0 Å². The molecule has 1 heterocycles. The van der Waals surface area contributed by atoms with Gasteiger partial charge in [-0.2, -0.15) is 5.10 Å². The zero-order valence-electron chi connectivity index (χ0n) is 11.4. The molecule has 0 fully saturated rings. The Morgan fingerprint density at radius 3 is 3.00 bits per heavy atom. The van der Waals surface area contributed by atoms with E-state index in [-0.39, 0.29) is 18.1 Å². The van der Waals surface area contributed by atoms with E-state index in [0.717, 1.165) is 18.5 Å². The quantitative estimate of drug-likeness (QED) is 0.794. The maximum atomic E-state index is 13.0. The molecule has 20 heavy (non-hydrogen) atoms. The average Bonchev–Trinajstić information content (AvgIpc) is 2.80. The van der Waals surface area contributed by atoms with Gasteiger partial charge < -0.3 is 5.32 Å². The van der Waals surface area contributed by atoms with Crippen molar-refractivity contribution in [2.24, 2.45) is 0 Å². The summed E-state index contributed by atoms with van der Waals surface area (Å²) in [6, 6.07) is 6.11. The molecule has 0 aliphatic heterocycles. The number of aromatic nitrogens is 2. The molecule has 5 heteroatoms. The largest absolute Gasteiger partial charge is 0.356 e. The van der Waals surface area contributed by atoms with Crippen LogP contribution in [0.25, 0.3) is 0 Å². The van der Waals surface area contributed by atoms with E-state index in [9.17, 15) is 9.18 Å². The fraction of sp³-hybridized carbons (Fsp3) is 0.333. The first kappa shape index (κ1) is 14.2. The van der Waals surface area contributed by atoms with E-state index in [4.69, 9.17) is 0 Å². The second kappa shape index (κ2) is 6.84. The molecule has 2 N–H and O–H groups in total. The third-order valence-electron chi connectivity index (χ3n) is 3.13. The molecule has 0 spiro atoms. The van der Waals surface area contributed by atoms with E-state index in [0.29, 0.717) is 12.1 Å². The summed E-state index contributed by atoms with van der Waals surface area (Å²) in [7, 11) is 0. The average molecular weight is 275 g/mol. The Bertz CT molecular complexity index is 580. The summed E-state index contributed by atoms with van der Waals surface area (Å²) < 4.78 is 13.0. The fourth-order valence-corrected chi connectivity index (χ4v) is 2.03. The summed E-state index contributed by atoms with van der Waals surface area (Å²) >= 11 is 0. The van der Waals surface area contributed by atoms with E-state index in [1.807, 2.05) is 13.1 Å². The fourth-order valence-electron chi connectivity index (χ4n) is 2.03. The zero-order chi connectivity index (χ0) is 14.4. The van der Waals surface area contributed by atoms with Crippen LogP contribution in [0.1, 0.15) is 23.2 Å². The first-order valence-corrected chi connectivity index (χ1v) is 6.65. The number of hydrogen-bond acceptors (Lipinski definition) is 2. The second-order valence-electron chi connectivity index (χ2n) is 4.78. The predicted octanol–water partition coefficient (Wildman–Crippen LogP) is 2.15. The third kappa shape index (κ3) is 4.19. The minimum Gasteiger partial charge on any atom is -0.356 e. The third-order valence-corrected chi connectivity index (χ3v) is 3.13. The number of nitrogens with one attached hydrogen (secondary N) is 2. The van der Waals surface area contributed by atoms with Gasteiger partial charge in [-0.1, -0.05) is 12.1 Å². The molecule has 0 aliphatic rings. The summed E-state index contributed by atoms with van der Waals surface area (Å²) in [4.78, 5) is 11.7. The summed E-state index contributed by atoms with van der Waals surface area (Å²) in [6.45, 7) is 2.59. The van der Waals surface area contributed by atoms with Crippen LogP contribution in [0.4, 0.5) is 4.39 Å². The van der Waals surface area contributed by atoms with Gasteiger partial charge in [0.15, 0.2) is 0 Å². The van der Waals surface area contributed by atoms with E-state index < -0.39 is 0 Å². The second-order valence-corrected chi connectivity index (χ2v) is 4.78. The van der Waals surface area contributed by atoms with Crippen molar-refractivity contribution in [2.75, 3.05) is 6.54 Å². The summed E-state index contributed by atoms with van der Waals surface area (Å²) in [5, 5.41) is 9.68. The molecular weight excluding hydrogens is 257 g/mol. The Hall–Kier alpha value is -2.17. The van der Waals surface area contributed by atoms with Crippen molar-refractivity contribution in [2.45, 2.75) is 26.2 Å². The number of halogens is 1. The Morgan fingerprint density at radius 2 is 2.30 bits per heavy atom. The van der Waals surface area contributed by atoms with Gasteiger partial charge in [0.2, 0.25) is 5.91 Å². The molecule has 0 atom stereocenters. The molecule has 1 aromatic carbocycles. The zero-order valence-corrected chi connectivity index (χ0v) is 11.4. The standard InChI is InChI=1S/C15H18FN3O/c1-11-13(10-18-19-11)5-3-7-17-15(20)9-12-4-2-6-14(16)8-12/h2,4,6,8,10H,3,5,7,9H2,1H3,(H,17,20)(H,18,19). The number of carbonyl (C=O) groups excluding carboxylic acids is 1. The smallest absolute Gasteiger partial charge is 0.224 e.